The summed E-state index contributed by atoms with van der Waals surface area (Å²) in [4.78, 5) is 0. The molecular weight excluding hydrogens is 206 g/mol. The number of allylic oxidation sites excluding steroid dienone is 3. The normalized spacial score (nSPS) is 25.2. The molecule has 0 bridgehead atoms. The van der Waals surface area contributed by atoms with Gasteiger partial charge in [0.2, 0.25) is 0 Å². The van der Waals surface area contributed by atoms with Crippen LogP contribution in [0.1, 0.15) is 62.2 Å². The molecule has 1 fully saturated rings. The Morgan fingerprint density at radius 2 is 1.82 bits per heavy atom. The number of hydrogen-bond donors (Lipinski definition) is 1. The highest BCUT2D eigenvalue weighted by Crippen LogP contribution is 2.45. The summed E-state index contributed by atoms with van der Waals surface area (Å²) in [5, 5.41) is 3.68. The minimum absolute atomic E-state index is 0. The van der Waals surface area contributed by atoms with Gasteiger partial charge in [0.15, 0.2) is 0 Å². The Labute approximate surface area is 109 Å². The third-order valence-corrected chi connectivity index (χ3v) is 3.60. The third-order valence-electron chi connectivity index (χ3n) is 3.60. The second kappa shape index (κ2) is 5.75. The molecule has 0 radical (unpaired) electrons. The van der Waals surface area contributed by atoms with Gasteiger partial charge in [0.25, 0.3) is 0 Å². The van der Waals surface area contributed by atoms with Gasteiger partial charge in [-0.1, -0.05) is 60.1 Å². The predicted octanol–water partition coefficient (Wildman–Crippen LogP) is 4.91. The fraction of sp³-hybridized carbons (Fsp3) is 0.750. The second-order valence-corrected chi connectivity index (χ2v) is 6.11. The summed E-state index contributed by atoms with van der Waals surface area (Å²) in [6.45, 7) is 13.6. The molecule has 0 spiro atoms. The molecule has 0 aromatic heterocycles. The zero-order chi connectivity index (χ0) is 13.1. The Balaban J connectivity index is 0.000000660. The Kier molecular flexibility index (Phi) is 4.85. The van der Waals surface area contributed by atoms with Gasteiger partial charge in [0, 0.05) is 18.6 Å². The van der Waals surface area contributed by atoms with E-state index in [-0.39, 0.29) is 1.43 Å². The quantitative estimate of drug-likeness (QED) is 0.683. The Morgan fingerprint density at radius 3 is 2.29 bits per heavy atom. The first-order valence-corrected chi connectivity index (χ1v) is 7.12. The minimum Gasteiger partial charge on any atom is -0.381 e. The summed E-state index contributed by atoms with van der Waals surface area (Å²) in [6, 6.07) is 0.595. The van der Waals surface area contributed by atoms with Crippen molar-refractivity contribution in [1.82, 2.24) is 5.32 Å². The number of nitrogens with one attached hydrogen (secondary N) is 1. The molecule has 1 aliphatic carbocycles. The molecule has 0 saturated carbocycles. The van der Waals surface area contributed by atoms with E-state index < -0.39 is 0 Å². The molecule has 1 N–H and O–H groups in total. The first kappa shape index (κ1) is 14.3. The van der Waals surface area contributed by atoms with Gasteiger partial charge >= 0.3 is 0 Å². The molecule has 2 rings (SSSR count). The smallest absolute Gasteiger partial charge is 0.0376 e. The van der Waals surface area contributed by atoms with Gasteiger partial charge < -0.3 is 5.32 Å². The zero-order valence-electron chi connectivity index (χ0n) is 12.4. The lowest BCUT2D eigenvalue weighted by Gasteiger charge is -2.30. The van der Waals surface area contributed by atoms with Gasteiger partial charge in [-0.3, -0.25) is 0 Å². The van der Waals surface area contributed by atoms with Crippen molar-refractivity contribution in [3.63, 3.8) is 0 Å². The van der Waals surface area contributed by atoms with Crippen LogP contribution in [-0.2, 0) is 0 Å². The molecule has 100 valence electrons. The Morgan fingerprint density at radius 1 is 1.29 bits per heavy atom. The molecule has 0 aromatic rings. The average molecular weight is 237 g/mol. The number of hydrogen-bond acceptors (Lipinski definition) is 1. The third kappa shape index (κ3) is 2.94. The van der Waals surface area contributed by atoms with Crippen molar-refractivity contribution < 1.29 is 1.43 Å². The van der Waals surface area contributed by atoms with E-state index >= 15 is 0 Å². The lowest BCUT2D eigenvalue weighted by atomic mass is 9.75. The fourth-order valence-corrected chi connectivity index (χ4v) is 2.94. The van der Waals surface area contributed by atoms with Crippen LogP contribution in [0.5, 0.6) is 0 Å². The largest absolute Gasteiger partial charge is 0.381 e. The molecule has 1 heterocycles. The van der Waals surface area contributed by atoms with E-state index in [2.05, 4.69) is 59.0 Å². The SMILES string of the molecule is CC(C)C1NC2=CCCC=C2C1(C)C.CCC.[HH]. The van der Waals surface area contributed by atoms with Crippen molar-refractivity contribution in [2.24, 2.45) is 11.3 Å². The lowest BCUT2D eigenvalue weighted by Crippen LogP contribution is -2.37. The molecule has 0 aromatic carbocycles. The summed E-state index contributed by atoms with van der Waals surface area (Å²) in [6.07, 6.45) is 8.45. The van der Waals surface area contributed by atoms with E-state index in [4.69, 9.17) is 0 Å². The molecule has 17 heavy (non-hydrogen) atoms. The summed E-state index contributed by atoms with van der Waals surface area (Å²) in [5.74, 6) is 0.692. The zero-order valence-corrected chi connectivity index (χ0v) is 12.4. The van der Waals surface area contributed by atoms with Crippen molar-refractivity contribution in [3.05, 3.63) is 23.4 Å². The van der Waals surface area contributed by atoms with Gasteiger partial charge in [0.05, 0.1) is 0 Å². The van der Waals surface area contributed by atoms with Crippen molar-refractivity contribution in [1.29, 1.82) is 0 Å². The van der Waals surface area contributed by atoms with Crippen LogP contribution in [-0.4, -0.2) is 6.04 Å². The summed E-state index contributed by atoms with van der Waals surface area (Å²) in [5.41, 5.74) is 3.25. The standard InChI is InChI=1S/C13H21N.C3H8.H2/c1-9(2)12-13(3,4)10-7-5-6-8-11(10)14-12;1-3-2;/h7-9,12,14H,5-6H2,1-4H3;3H2,1-2H3;1H. The van der Waals surface area contributed by atoms with E-state index in [0.717, 1.165) is 0 Å². The van der Waals surface area contributed by atoms with E-state index in [1.54, 1.807) is 5.57 Å². The monoisotopic (exact) mass is 237 g/mol. The molecule has 2 aliphatic rings. The Hall–Kier alpha value is -0.720. The van der Waals surface area contributed by atoms with Crippen LogP contribution in [0.2, 0.25) is 0 Å². The van der Waals surface area contributed by atoms with Crippen LogP contribution >= 0.6 is 0 Å². The van der Waals surface area contributed by atoms with Crippen molar-refractivity contribution in [3.8, 4) is 0 Å². The average Bonchev–Trinajstić information content (AvgIpc) is 2.53. The van der Waals surface area contributed by atoms with E-state index in [1.165, 1.54) is 25.0 Å². The molecule has 1 aliphatic heterocycles. The van der Waals surface area contributed by atoms with Crippen molar-refractivity contribution >= 4 is 0 Å². The first-order valence-electron chi connectivity index (χ1n) is 7.12. The van der Waals surface area contributed by atoms with Crippen LogP contribution in [0.15, 0.2) is 23.4 Å². The predicted molar refractivity (Wildman–Crippen MR) is 79.0 cm³/mol. The highest BCUT2D eigenvalue weighted by molar-refractivity contribution is 5.43. The van der Waals surface area contributed by atoms with Gasteiger partial charge in [0.1, 0.15) is 0 Å². The summed E-state index contributed by atoms with van der Waals surface area (Å²) >= 11 is 0. The fourth-order valence-electron chi connectivity index (χ4n) is 2.94. The van der Waals surface area contributed by atoms with Gasteiger partial charge in [-0.2, -0.15) is 0 Å². The highest BCUT2D eigenvalue weighted by Gasteiger charge is 2.43. The van der Waals surface area contributed by atoms with Crippen LogP contribution in [0.3, 0.4) is 0 Å². The van der Waals surface area contributed by atoms with Crippen molar-refractivity contribution in [2.75, 3.05) is 0 Å². The number of rotatable bonds is 1. The van der Waals surface area contributed by atoms with Gasteiger partial charge in [-0.05, 0) is 24.3 Å². The van der Waals surface area contributed by atoms with Crippen LogP contribution in [0.25, 0.3) is 0 Å². The van der Waals surface area contributed by atoms with Gasteiger partial charge in [-0.25, -0.2) is 0 Å². The maximum Gasteiger partial charge on any atom is 0.0376 e. The first-order chi connectivity index (χ1) is 7.95. The summed E-state index contributed by atoms with van der Waals surface area (Å²) in [7, 11) is 0. The Bertz CT molecular complexity index is 313. The maximum absolute atomic E-state index is 3.68. The van der Waals surface area contributed by atoms with E-state index in [0.29, 0.717) is 17.4 Å². The number of fused-ring (bicyclic) bond motifs is 1. The molecule has 1 unspecified atom stereocenters. The molecule has 1 nitrogen and oxygen atoms in total. The van der Waals surface area contributed by atoms with Crippen LogP contribution in [0, 0.1) is 11.3 Å². The molecule has 0 amide bonds. The maximum atomic E-state index is 3.68. The minimum atomic E-state index is 0. The van der Waals surface area contributed by atoms with E-state index in [1.807, 2.05) is 0 Å². The highest BCUT2D eigenvalue weighted by atomic mass is 15.0. The topological polar surface area (TPSA) is 12.0 Å². The van der Waals surface area contributed by atoms with Gasteiger partial charge in [-0.15, -0.1) is 0 Å². The van der Waals surface area contributed by atoms with Crippen LogP contribution < -0.4 is 5.32 Å². The lowest BCUT2D eigenvalue weighted by molar-refractivity contribution is 0.289. The molecule has 1 heteroatoms. The van der Waals surface area contributed by atoms with Crippen molar-refractivity contribution in [2.45, 2.75) is 66.8 Å². The molecule has 1 saturated heterocycles. The molecule has 1 atom stereocenters. The summed E-state index contributed by atoms with van der Waals surface area (Å²) < 4.78 is 0. The molecular formula is C16H31N. The second-order valence-electron chi connectivity index (χ2n) is 6.11. The van der Waals surface area contributed by atoms with Crippen LogP contribution in [0.4, 0.5) is 0 Å². The van der Waals surface area contributed by atoms with E-state index in [9.17, 15) is 0 Å².